The average Bonchev–Trinajstić information content (AvgIpc) is 2.15. The predicted octanol–water partition coefficient (Wildman–Crippen LogP) is 2.96. The third-order valence-corrected chi connectivity index (χ3v) is 2.26. The first kappa shape index (κ1) is 11.9. The van der Waals surface area contributed by atoms with E-state index in [9.17, 15) is 23.3 Å². The highest BCUT2D eigenvalue weighted by molar-refractivity contribution is 9.08. The fraction of sp³-hybridized carbons (Fsp3) is 0.286. The summed E-state index contributed by atoms with van der Waals surface area (Å²) < 4.78 is 37.7. The van der Waals surface area contributed by atoms with Gasteiger partial charge in [-0.2, -0.15) is 4.39 Å². The van der Waals surface area contributed by atoms with Crippen LogP contribution in [0.4, 0.5) is 18.9 Å². The maximum absolute atomic E-state index is 12.9. The van der Waals surface area contributed by atoms with Gasteiger partial charge in [0.1, 0.15) is 0 Å². The lowest BCUT2D eigenvalue weighted by atomic mass is 10.1. The van der Waals surface area contributed by atoms with Crippen LogP contribution in [0.5, 0.6) is 0 Å². The maximum Gasteiger partial charge on any atom is 0.328 e. The lowest BCUT2D eigenvalue weighted by Crippen LogP contribution is -2.04. The molecule has 1 aromatic rings. The topological polar surface area (TPSA) is 56.0 Å². The molecule has 1 aromatic heterocycles. The van der Waals surface area contributed by atoms with Crippen molar-refractivity contribution in [2.24, 2.45) is 0 Å². The van der Waals surface area contributed by atoms with Gasteiger partial charge < -0.3 is 0 Å². The molecule has 0 bridgehead atoms. The third kappa shape index (κ3) is 2.25. The predicted molar refractivity (Wildman–Crippen MR) is 48.4 cm³/mol. The molecule has 0 N–H and O–H groups in total. The summed E-state index contributed by atoms with van der Waals surface area (Å²) in [6, 6.07) is 0. The van der Waals surface area contributed by atoms with Gasteiger partial charge in [-0.25, -0.2) is 13.8 Å². The lowest BCUT2D eigenvalue weighted by molar-refractivity contribution is -0.388. The number of hydrogen-bond donors (Lipinski definition) is 0. The van der Waals surface area contributed by atoms with Crippen LogP contribution in [0.25, 0.3) is 0 Å². The normalized spacial score (nSPS) is 10.7. The van der Waals surface area contributed by atoms with Crippen LogP contribution in [0.15, 0.2) is 6.20 Å². The Morgan fingerprint density at radius 1 is 1.60 bits per heavy atom. The number of halogens is 4. The van der Waals surface area contributed by atoms with E-state index in [1.54, 1.807) is 0 Å². The molecular formula is C7H4BrF3N2O2. The van der Waals surface area contributed by atoms with E-state index in [4.69, 9.17) is 0 Å². The van der Waals surface area contributed by atoms with E-state index < -0.39 is 28.5 Å². The minimum atomic E-state index is -2.93. The van der Waals surface area contributed by atoms with E-state index in [1.807, 2.05) is 0 Å². The summed E-state index contributed by atoms with van der Waals surface area (Å²) in [5, 5.41) is 10.2. The zero-order chi connectivity index (χ0) is 11.6. The quantitative estimate of drug-likeness (QED) is 0.371. The fourth-order valence-corrected chi connectivity index (χ4v) is 1.63. The Morgan fingerprint density at radius 3 is 2.60 bits per heavy atom. The van der Waals surface area contributed by atoms with Crippen molar-refractivity contribution >= 4 is 21.6 Å². The molecule has 0 fully saturated rings. The van der Waals surface area contributed by atoms with Gasteiger partial charge in [0.05, 0.1) is 10.5 Å². The fourth-order valence-electron chi connectivity index (χ4n) is 1.04. The van der Waals surface area contributed by atoms with Crippen molar-refractivity contribution in [3.63, 3.8) is 0 Å². The molecule has 8 heteroatoms. The SMILES string of the molecule is O=[N+]([O-])c1c(F)ncc(C(F)F)c1CBr. The van der Waals surface area contributed by atoms with Crippen LogP contribution in [0, 0.1) is 16.1 Å². The molecule has 0 aliphatic carbocycles. The van der Waals surface area contributed by atoms with E-state index in [-0.39, 0.29) is 10.9 Å². The second-order valence-electron chi connectivity index (χ2n) is 2.52. The van der Waals surface area contributed by atoms with Gasteiger partial charge in [0.2, 0.25) is 0 Å². The molecule has 0 radical (unpaired) electrons. The second-order valence-corrected chi connectivity index (χ2v) is 3.08. The van der Waals surface area contributed by atoms with Gasteiger partial charge in [0.25, 0.3) is 12.4 Å². The molecule has 1 heterocycles. The Morgan fingerprint density at radius 2 is 2.20 bits per heavy atom. The van der Waals surface area contributed by atoms with Crippen molar-refractivity contribution in [2.45, 2.75) is 11.8 Å². The molecular weight excluding hydrogens is 281 g/mol. The van der Waals surface area contributed by atoms with Crippen molar-refractivity contribution in [3.05, 3.63) is 33.4 Å². The molecule has 0 amide bonds. The summed E-state index contributed by atoms with van der Waals surface area (Å²) in [5.41, 5.74) is -2.04. The van der Waals surface area contributed by atoms with Crippen LogP contribution in [-0.4, -0.2) is 9.91 Å². The highest BCUT2D eigenvalue weighted by Gasteiger charge is 2.27. The molecule has 0 saturated heterocycles. The van der Waals surface area contributed by atoms with Gasteiger partial charge in [-0.05, 0) is 0 Å². The molecule has 0 unspecified atom stereocenters. The molecule has 82 valence electrons. The number of pyridine rings is 1. The van der Waals surface area contributed by atoms with Crippen molar-refractivity contribution in [3.8, 4) is 0 Å². The van der Waals surface area contributed by atoms with Crippen LogP contribution in [0.2, 0.25) is 0 Å². The second kappa shape index (κ2) is 4.56. The Hall–Kier alpha value is -1.18. The van der Waals surface area contributed by atoms with Crippen molar-refractivity contribution in [1.29, 1.82) is 0 Å². The molecule has 0 atom stereocenters. The van der Waals surface area contributed by atoms with Crippen molar-refractivity contribution in [1.82, 2.24) is 4.98 Å². The van der Waals surface area contributed by atoms with Gasteiger partial charge >= 0.3 is 5.69 Å². The molecule has 0 spiro atoms. The van der Waals surface area contributed by atoms with E-state index in [0.717, 1.165) is 0 Å². The molecule has 0 aliphatic heterocycles. The third-order valence-electron chi connectivity index (χ3n) is 1.70. The number of aromatic nitrogens is 1. The summed E-state index contributed by atoms with van der Waals surface area (Å²) in [6.07, 6.45) is -2.33. The summed E-state index contributed by atoms with van der Waals surface area (Å²) in [4.78, 5) is 12.3. The van der Waals surface area contributed by atoms with Crippen molar-refractivity contribution < 1.29 is 18.1 Å². The zero-order valence-electron chi connectivity index (χ0n) is 7.08. The first-order valence-electron chi connectivity index (χ1n) is 3.64. The summed E-state index contributed by atoms with van der Waals surface area (Å²) in [6.45, 7) is 0. The minimum absolute atomic E-state index is 0.234. The van der Waals surface area contributed by atoms with Crippen LogP contribution < -0.4 is 0 Å². The van der Waals surface area contributed by atoms with Gasteiger partial charge in [0.15, 0.2) is 0 Å². The van der Waals surface area contributed by atoms with E-state index in [0.29, 0.717) is 6.20 Å². The zero-order valence-corrected chi connectivity index (χ0v) is 8.67. The van der Waals surface area contributed by atoms with Crippen LogP contribution in [0.1, 0.15) is 17.6 Å². The first-order valence-corrected chi connectivity index (χ1v) is 4.77. The molecule has 1 rings (SSSR count). The molecule has 0 saturated carbocycles. The Balaban J connectivity index is 3.47. The maximum atomic E-state index is 12.9. The van der Waals surface area contributed by atoms with E-state index in [1.165, 1.54) is 0 Å². The number of hydrogen-bond acceptors (Lipinski definition) is 3. The van der Waals surface area contributed by atoms with Crippen molar-refractivity contribution in [2.75, 3.05) is 0 Å². The smallest absolute Gasteiger partial charge is 0.258 e. The largest absolute Gasteiger partial charge is 0.328 e. The van der Waals surface area contributed by atoms with Gasteiger partial charge in [-0.1, -0.05) is 15.9 Å². The van der Waals surface area contributed by atoms with Gasteiger partial charge in [0, 0.05) is 17.1 Å². The van der Waals surface area contributed by atoms with E-state index >= 15 is 0 Å². The number of rotatable bonds is 3. The molecule has 0 aromatic carbocycles. The van der Waals surface area contributed by atoms with Crippen LogP contribution >= 0.6 is 15.9 Å². The van der Waals surface area contributed by atoms with E-state index in [2.05, 4.69) is 20.9 Å². The number of nitrogens with zero attached hydrogens (tertiary/aromatic N) is 2. The summed E-state index contributed by atoms with van der Waals surface area (Å²) in [5.74, 6) is -1.36. The number of nitro groups is 1. The van der Waals surface area contributed by atoms with Crippen LogP contribution in [-0.2, 0) is 5.33 Å². The molecule has 4 nitrogen and oxygen atoms in total. The average molecular weight is 285 g/mol. The highest BCUT2D eigenvalue weighted by Crippen LogP contribution is 2.32. The Labute approximate surface area is 90.4 Å². The number of alkyl halides is 3. The summed E-state index contributed by atoms with van der Waals surface area (Å²) >= 11 is 2.80. The monoisotopic (exact) mass is 284 g/mol. The van der Waals surface area contributed by atoms with Gasteiger partial charge in [-0.3, -0.25) is 10.1 Å². The van der Waals surface area contributed by atoms with Gasteiger partial charge in [-0.15, -0.1) is 0 Å². The van der Waals surface area contributed by atoms with Crippen LogP contribution in [0.3, 0.4) is 0 Å². The Bertz CT molecular complexity index is 400. The summed E-state index contributed by atoms with van der Waals surface area (Å²) in [7, 11) is 0. The Kier molecular flexibility index (Phi) is 3.61. The first-order chi connectivity index (χ1) is 6.99. The minimum Gasteiger partial charge on any atom is -0.258 e. The molecule has 0 aliphatic rings. The standard InChI is InChI=1S/C7H4BrF3N2O2/c8-1-3-4(6(9)10)2-12-7(11)5(3)13(14)15/h2,6H,1H2. The lowest BCUT2D eigenvalue weighted by Gasteiger charge is -2.06. The highest BCUT2D eigenvalue weighted by atomic mass is 79.9. The molecule has 15 heavy (non-hydrogen) atoms.